The van der Waals surface area contributed by atoms with Crippen LogP contribution in [0, 0.1) is 0 Å². The summed E-state index contributed by atoms with van der Waals surface area (Å²) in [6.45, 7) is 8.04. The van der Waals surface area contributed by atoms with Crippen LogP contribution in [-0.4, -0.2) is 24.1 Å². The fourth-order valence-electron chi connectivity index (χ4n) is 3.12. The van der Waals surface area contributed by atoms with Crippen LogP contribution in [0.2, 0.25) is 5.02 Å². The summed E-state index contributed by atoms with van der Waals surface area (Å²) in [5.41, 5.74) is 0.623. The molecule has 1 atom stereocenters. The summed E-state index contributed by atoms with van der Waals surface area (Å²) in [4.78, 5) is 12.9. The van der Waals surface area contributed by atoms with Crippen molar-refractivity contribution in [1.29, 1.82) is 0 Å². The van der Waals surface area contributed by atoms with E-state index < -0.39 is 18.3 Å². The Labute approximate surface area is 160 Å². The largest absolute Gasteiger partial charge is 0.466 e. The Morgan fingerprint density at radius 1 is 0.962 bits per heavy atom. The Bertz CT molecular complexity index is 773. The highest BCUT2D eigenvalue weighted by Crippen LogP contribution is 2.43. The topological polar surface area (TPSA) is 35.5 Å². The second-order valence-corrected chi connectivity index (χ2v) is 8.15. The molecular formula is C21H24BClO3. The SMILES string of the molecule is CC1(C)OB([C@H](CC(=O)c2ccccc2)c2ccccc2Cl)OC1(C)C. The van der Waals surface area contributed by atoms with Crippen LogP contribution in [0.5, 0.6) is 0 Å². The number of Topliss-reactive ketones (excluding diaryl/α,β-unsaturated/α-hetero) is 1. The molecule has 0 bridgehead atoms. The van der Waals surface area contributed by atoms with Crippen molar-refractivity contribution < 1.29 is 14.1 Å². The highest BCUT2D eigenvalue weighted by molar-refractivity contribution is 6.49. The van der Waals surface area contributed by atoms with E-state index in [-0.39, 0.29) is 18.0 Å². The zero-order valence-corrected chi connectivity index (χ0v) is 16.4. The minimum absolute atomic E-state index is 0.0465. The maximum atomic E-state index is 12.9. The summed E-state index contributed by atoms with van der Waals surface area (Å²) in [5.74, 6) is -0.234. The van der Waals surface area contributed by atoms with Gasteiger partial charge in [0.1, 0.15) is 0 Å². The molecule has 1 fully saturated rings. The van der Waals surface area contributed by atoms with Crippen LogP contribution in [-0.2, 0) is 9.31 Å². The van der Waals surface area contributed by atoms with Crippen LogP contribution in [0.15, 0.2) is 54.6 Å². The van der Waals surface area contributed by atoms with E-state index in [0.29, 0.717) is 10.6 Å². The Kier molecular flexibility index (Phi) is 5.29. The van der Waals surface area contributed by atoms with Crippen molar-refractivity contribution >= 4 is 24.5 Å². The lowest BCUT2D eigenvalue weighted by atomic mass is 9.65. The first-order valence-corrected chi connectivity index (χ1v) is 9.27. The maximum Gasteiger partial charge on any atom is 0.466 e. The van der Waals surface area contributed by atoms with E-state index in [4.69, 9.17) is 20.9 Å². The minimum atomic E-state index is -0.535. The van der Waals surface area contributed by atoms with Crippen molar-refractivity contribution in [3.63, 3.8) is 0 Å². The van der Waals surface area contributed by atoms with E-state index in [0.717, 1.165) is 5.56 Å². The molecule has 26 heavy (non-hydrogen) atoms. The molecule has 0 saturated carbocycles. The maximum absolute atomic E-state index is 12.9. The summed E-state index contributed by atoms with van der Waals surface area (Å²) in [6.07, 6.45) is 0.268. The molecule has 1 aliphatic heterocycles. The first-order valence-electron chi connectivity index (χ1n) is 8.89. The lowest BCUT2D eigenvalue weighted by molar-refractivity contribution is 0.00578. The molecule has 3 nitrogen and oxygen atoms in total. The highest BCUT2D eigenvalue weighted by Gasteiger charge is 2.54. The molecule has 3 rings (SSSR count). The number of halogens is 1. The van der Waals surface area contributed by atoms with Gasteiger partial charge >= 0.3 is 7.12 Å². The molecular weight excluding hydrogens is 346 g/mol. The standard InChI is InChI=1S/C21H24BClO3/c1-20(2)21(3,4)26-22(25-20)17(16-12-8-9-13-18(16)23)14-19(24)15-10-6-5-7-11-15/h5-13,17H,14H2,1-4H3/t17-/m1/s1. The predicted molar refractivity (Wildman–Crippen MR) is 106 cm³/mol. The molecule has 1 saturated heterocycles. The van der Waals surface area contributed by atoms with Gasteiger partial charge in [-0.2, -0.15) is 0 Å². The van der Waals surface area contributed by atoms with Crippen LogP contribution >= 0.6 is 11.6 Å². The first-order chi connectivity index (χ1) is 12.2. The first kappa shape index (κ1) is 19.2. The summed E-state index contributed by atoms with van der Waals surface area (Å²) in [5, 5.41) is 0.619. The molecule has 1 heterocycles. The van der Waals surface area contributed by atoms with Gasteiger partial charge in [-0.05, 0) is 39.3 Å². The van der Waals surface area contributed by atoms with Gasteiger partial charge in [0.2, 0.25) is 0 Å². The lowest BCUT2D eigenvalue weighted by Gasteiger charge is -2.32. The number of carbonyl (C=O) groups is 1. The highest BCUT2D eigenvalue weighted by atomic mass is 35.5. The van der Waals surface area contributed by atoms with Gasteiger partial charge in [0, 0.05) is 22.8 Å². The molecule has 0 unspecified atom stereocenters. The third-order valence-corrected chi connectivity index (χ3v) is 5.75. The zero-order chi connectivity index (χ0) is 18.9. The molecule has 0 spiro atoms. The van der Waals surface area contributed by atoms with Crippen molar-refractivity contribution in [3.8, 4) is 0 Å². The van der Waals surface area contributed by atoms with E-state index in [1.54, 1.807) is 0 Å². The predicted octanol–water partition coefficient (Wildman–Crippen LogP) is 5.33. The molecule has 0 aromatic heterocycles. The Hall–Kier alpha value is -1.62. The number of rotatable bonds is 5. The average molecular weight is 371 g/mol. The molecule has 2 aromatic carbocycles. The van der Waals surface area contributed by atoms with Gasteiger partial charge in [0.05, 0.1) is 11.2 Å². The number of hydrogen-bond donors (Lipinski definition) is 0. The monoisotopic (exact) mass is 370 g/mol. The zero-order valence-electron chi connectivity index (χ0n) is 15.7. The molecule has 0 N–H and O–H groups in total. The number of hydrogen-bond acceptors (Lipinski definition) is 3. The molecule has 0 aliphatic carbocycles. The second-order valence-electron chi connectivity index (χ2n) is 7.75. The third kappa shape index (κ3) is 3.73. The van der Waals surface area contributed by atoms with Crippen molar-refractivity contribution in [1.82, 2.24) is 0 Å². The van der Waals surface area contributed by atoms with Crippen molar-refractivity contribution in [2.24, 2.45) is 0 Å². The molecule has 0 amide bonds. The summed E-state index contributed by atoms with van der Waals surface area (Å²) in [7, 11) is -0.535. The Balaban J connectivity index is 1.94. The number of benzene rings is 2. The summed E-state index contributed by atoms with van der Waals surface area (Å²) in [6, 6.07) is 16.9. The molecule has 0 radical (unpaired) electrons. The van der Waals surface area contributed by atoms with Crippen LogP contribution in [0.3, 0.4) is 0 Å². The van der Waals surface area contributed by atoms with Gasteiger partial charge < -0.3 is 9.31 Å². The van der Waals surface area contributed by atoms with Crippen LogP contribution in [0.25, 0.3) is 0 Å². The Morgan fingerprint density at radius 3 is 2.08 bits per heavy atom. The van der Waals surface area contributed by atoms with Crippen LogP contribution < -0.4 is 0 Å². The quantitative estimate of drug-likeness (QED) is 0.527. The fourth-order valence-corrected chi connectivity index (χ4v) is 3.40. The molecule has 5 heteroatoms. The lowest BCUT2D eigenvalue weighted by Crippen LogP contribution is -2.41. The van der Waals surface area contributed by atoms with Gasteiger partial charge in [0.25, 0.3) is 0 Å². The minimum Gasteiger partial charge on any atom is -0.403 e. The van der Waals surface area contributed by atoms with E-state index in [1.807, 2.05) is 82.3 Å². The van der Waals surface area contributed by atoms with Crippen LogP contribution in [0.1, 0.15) is 55.9 Å². The summed E-state index contributed by atoms with van der Waals surface area (Å²) < 4.78 is 12.5. The molecule has 2 aromatic rings. The van der Waals surface area contributed by atoms with E-state index >= 15 is 0 Å². The van der Waals surface area contributed by atoms with Gasteiger partial charge in [-0.1, -0.05) is 60.1 Å². The number of carbonyl (C=O) groups excluding carboxylic acids is 1. The van der Waals surface area contributed by atoms with Crippen LogP contribution in [0.4, 0.5) is 0 Å². The summed E-state index contributed by atoms with van der Waals surface area (Å²) >= 11 is 6.45. The van der Waals surface area contributed by atoms with Crippen molar-refractivity contribution in [3.05, 3.63) is 70.7 Å². The van der Waals surface area contributed by atoms with Gasteiger partial charge in [-0.15, -0.1) is 0 Å². The van der Waals surface area contributed by atoms with Crippen molar-refractivity contribution in [2.75, 3.05) is 0 Å². The third-order valence-electron chi connectivity index (χ3n) is 5.41. The Morgan fingerprint density at radius 2 is 1.50 bits per heavy atom. The van der Waals surface area contributed by atoms with Gasteiger partial charge in [0.15, 0.2) is 5.78 Å². The second kappa shape index (κ2) is 7.18. The van der Waals surface area contributed by atoms with E-state index in [9.17, 15) is 4.79 Å². The molecule has 1 aliphatic rings. The molecule has 136 valence electrons. The normalized spacial score (nSPS) is 19.3. The van der Waals surface area contributed by atoms with E-state index in [2.05, 4.69) is 0 Å². The average Bonchev–Trinajstić information content (AvgIpc) is 2.81. The van der Waals surface area contributed by atoms with Gasteiger partial charge in [-0.25, -0.2) is 0 Å². The van der Waals surface area contributed by atoms with Gasteiger partial charge in [-0.3, -0.25) is 4.79 Å². The smallest absolute Gasteiger partial charge is 0.403 e. The fraction of sp³-hybridized carbons (Fsp3) is 0.381. The van der Waals surface area contributed by atoms with E-state index in [1.165, 1.54) is 0 Å². The number of ketones is 1. The van der Waals surface area contributed by atoms with Crippen molar-refractivity contribution in [2.45, 2.75) is 51.1 Å².